The first-order valence-corrected chi connectivity index (χ1v) is 8.08. The monoisotopic (exact) mass is 354 g/mol. The lowest BCUT2D eigenvalue weighted by Gasteiger charge is -2.06. The minimum atomic E-state index is -0.248. The van der Waals surface area contributed by atoms with Gasteiger partial charge in [-0.15, -0.1) is 11.8 Å². The number of thioether (sulfide) groups is 1. The molecular weight excluding hydrogens is 340 g/mol. The van der Waals surface area contributed by atoms with E-state index in [1.165, 1.54) is 0 Å². The maximum atomic E-state index is 11.9. The van der Waals surface area contributed by atoms with Crippen molar-refractivity contribution in [2.45, 2.75) is 30.4 Å². The fraction of sp³-hybridized carbons (Fsp3) is 0.286. The molecule has 2 aromatic rings. The van der Waals surface area contributed by atoms with Crippen molar-refractivity contribution in [1.82, 2.24) is 9.97 Å². The van der Waals surface area contributed by atoms with Crippen LogP contribution in [0.5, 0.6) is 5.88 Å². The van der Waals surface area contributed by atoms with Crippen LogP contribution in [0.15, 0.2) is 38.4 Å². The van der Waals surface area contributed by atoms with Crippen molar-refractivity contribution in [2.24, 2.45) is 0 Å². The molecule has 2 N–H and O–H groups in total. The predicted octanol–water partition coefficient (Wildman–Crippen LogP) is 3.48. The van der Waals surface area contributed by atoms with Crippen LogP contribution in [0.25, 0.3) is 0 Å². The summed E-state index contributed by atoms with van der Waals surface area (Å²) in [7, 11) is 0. The number of aromatic amines is 1. The van der Waals surface area contributed by atoms with Crippen LogP contribution < -0.4 is 5.56 Å². The minimum Gasteiger partial charge on any atom is -0.493 e. The average molecular weight is 355 g/mol. The molecule has 106 valence electrons. The second-order valence-corrected chi connectivity index (χ2v) is 6.16. The smallest absolute Gasteiger partial charge is 0.257 e. The summed E-state index contributed by atoms with van der Waals surface area (Å²) < 4.78 is 0.999. The highest BCUT2D eigenvalue weighted by atomic mass is 79.9. The molecule has 0 spiro atoms. The number of nitrogens with zero attached hydrogens (tertiary/aromatic N) is 1. The summed E-state index contributed by atoms with van der Waals surface area (Å²) in [5.41, 5.74) is 0.115. The maximum absolute atomic E-state index is 11.9. The van der Waals surface area contributed by atoms with Crippen molar-refractivity contribution in [3.8, 4) is 5.88 Å². The van der Waals surface area contributed by atoms with E-state index in [1.807, 2.05) is 31.2 Å². The summed E-state index contributed by atoms with van der Waals surface area (Å²) in [5.74, 6) is 0.823. The third-order valence-electron chi connectivity index (χ3n) is 2.74. The van der Waals surface area contributed by atoms with Crippen LogP contribution in [0.1, 0.15) is 24.7 Å². The normalized spacial score (nSPS) is 10.7. The van der Waals surface area contributed by atoms with Gasteiger partial charge in [0, 0.05) is 9.37 Å². The van der Waals surface area contributed by atoms with Gasteiger partial charge in [-0.2, -0.15) is 4.98 Å². The van der Waals surface area contributed by atoms with Crippen LogP contribution >= 0.6 is 27.7 Å². The van der Waals surface area contributed by atoms with Crippen LogP contribution in [-0.4, -0.2) is 15.1 Å². The van der Waals surface area contributed by atoms with E-state index in [9.17, 15) is 9.90 Å². The van der Waals surface area contributed by atoms with Gasteiger partial charge in [0.2, 0.25) is 5.88 Å². The molecule has 0 aliphatic carbocycles. The lowest BCUT2D eigenvalue weighted by molar-refractivity contribution is 0.440. The Bertz CT molecular complexity index is 658. The van der Waals surface area contributed by atoms with Gasteiger partial charge < -0.3 is 10.1 Å². The highest BCUT2D eigenvalue weighted by Crippen LogP contribution is 2.29. The number of benzene rings is 1. The number of hydrogen-bond donors (Lipinski definition) is 2. The molecule has 0 fully saturated rings. The van der Waals surface area contributed by atoms with Crippen molar-refractivity contribution < 1.29 is 5.11 Å². The Hall–Kier alpha value is -1.27. The Morgan fingerprint density at radius 3 is 2.80 bits per heavy atom. The van der Waals surface area contributed by atoms with Crippen molar-refractivity contribution in [3.05, 3.63) is 50.5 Å². The van der Waals surface area contributed by atoms with Gasteiger partial charge in [0.1, 0.15) is 5.82 Å². The molecule has 0 saturated carbocycles. The molecule has 0 radical (unpaired) electrons. The Morgan fingerprint density at radius 1 is 1.40 bits per heavy atom. The number of hydrogen-bond acceptors (Lipinski definition) is 4. The fourth-order valence-electron chi connectivity index (χ4n) is 1.78. The largest absolute Gasteiger partial charge is 0.493 e. The molecule has 20 heavy (non-hydrogen) atoms. The zero-order valence-electron chi connectivity index (χ0n) is 11.0. The van der Waals surface area contributed by atoms with Gasteiger partial charge in [0.25, 0.3) is 5.56 Å². The fourth-order valence-corrected chi connectivity index (χ4v) is 3.22. The highest BCUT2D eigenvalue weighted by molar-refractivity contribution is 9.10. The van der Waals surface area contributed by atoms with Crippen LogP contribution in [0.3, 0.4) is 0 Å². The second kappa shape index (κ2) is 6.95. The van der Waals surface area contributed by atoms with Crippen LogP contribution in [0, 0.1) is 0 Å². The van der Waals surface area contributed by atoms with Crippen LogP contribution in [0.2, 0.25) is 0 Å². The Balaban J connectivity index is 2.15. The van der Waals surface area contributed by atoms with Crippen LogP contribution in [0.4, 0.5) is 0 Å². The van der Waals surface area contributed by atoms with Crippen molar-refractivity contribution >= 4 is 27.7 Å². The molecule has 4 nitrogen and oxygen atoms in total. The van der Waals surface area contributed by atoms with E-state index < -0.39 is 0 Å². The first kappa shape index (κ1) is 15.1. The molecule has 6 heteroatoms. The third kappa shape index (κ3) is 3.64. The standard InChI is InChI=1S/C14H15BrN2O2S/c1-2-5-9-13(18)16-12(17-14(9)19)8-20-11-7-4-3-6-10(11)15/h3-4,6-7H,2,5,8H2,1H3,(H2,16,17,18,19). The summed E-state index contributed by atoms with van der Waals surface area (Å²) in [4.78, 5) is 19.7. The highest BCUT2D eigenvalue weighted by Gasteiger charge is 2.10. The Morgan fingerprint density at radius 2 is 2.15 bits per heavy atom. The van der Waals surface area contributed by atoms with Gasteiger partial charge in [-0.25, -0.2) is 0 Å². The van der Waals surface area contributed by atoms with E-state index >= 15 is 0 Å². The molecular formula is C14H15BrN2O2S. The summed E-state index contributed by atoms with van der Waals surface area (Å²) in [6.07, 6.45) is 1.33. The van der Waals surface area contributed by atoms with E-state index in [0.717, 1.165) is 15.8 Å². The first-order chi connectivity index (χ1) is 9.61. The molecule has 0 saturated heterocycles. The van der Waals surface area contributed by atoms with E-state index in [0.29, 0.717) is 23.6 Å². The van der Waals surface area contributed by atoms with Crippen molar-refractivity contribution in [3.63, 3.8) is 0 Å². The second-order valence-electron chi connectivity index (χ2n) is 4.28. The van der Waals surface area contributed by atoms with E-state index in [2.05, 4.69) is 25.9 Å². The summed E-state index contributed by atoms with van der Waals surface area (Å²) in [5, 5.41) is 9.81. The topological polar surface area (TPSA) is 66.0 Å². The summed E-state index contributed by atoms with van der Waals surface area (Å²) in [6.45, 7) is 1.95. The van der Waals surface area contributed by atoms with Gasteiger partial charge in [0.05, 0.1) is 11.3 Å². The zero-order chi connectivity index (χ0) is 14.5. The molecule has 1 aromatic heterocycles. The number of H-pyrrole nitrogens is 1. The Labute approximate surface area is 129 Å². The molecule has 2 rings (SSSR count). The van der Waals surface area contributed by atoms with E-state index in [1.54, 1.807) is 11.8 Å². The molecule has 0 bridgehead atoms. The molecule has 0 aliphatic rings. The third-order valence-corrected chi connectivity index (χ3v) is 4.78. The minimum absolute atomic E-state index is 0.154. The number of rotatable bonds is 5. The summed E-state index contributed by atoms with van der Waals surface area (Å²) in [6, 6.07) is 7.84. The number of aromatic nitrogens is 2. The van der Waals surface area contributed by atoms with E-state index in [-0.39, 0.29) is 11.4 Å². The molecule has 0 atom stereocenters. The van der Waals surface area contributed by atoms with Crippen LogP contribution in [-0.2, 0) is 12.2 Å². The molecule has 1 heterocycles. The van der Waals surface area contributed by atoms with Crippen molar-refractivity contribution in [2.75, 3.05) is 0 Å². The summed E-state index contributed by atoms with van der Waals surface area (Å²) >= 11 is 5.01. The maximum Gasteiger partial charge on any atom is 0.257 e. The lowest BCUT2D eigenvalue weighted by Crippen LogP contribution is -2.16. The predicted molar refractivity (Wildman–Crippen MR) is 84.2 cm³/mol. The van der Waals surface area contributed by atoms with Gasteiger partial charge in [0.15, 0.2) is 0 Å². The van der Waals surface area contributed by atoms with Gasteiger partial charge in [-0.3, -0.25) is 4.79 Å². The SMILES string of the molecule is CCCc1c(O)nc(CSc2ccccc2Br)[nH]c1=O. The van der Waals surface area contributed by atoms with Gasteiger partial charge in [-0.05, 0) is 34.5 Å². The zero-order valence-corrected chi connectivity index (χ0v) is 13.4. The van der Waals surface area contributed by atoms with Gasteiger partial charge in [-0.1, -0.05) is 25.5 Å². The number of halogens is 1. The molecule has 1 aromatic carbocycles. The molecule has 0 unspecified atom stereocenters. The first-order valence-electron chi connectivity index (χ1n) is 6.30. The molecule has 0 aliphatic heterocycles. The Kier molecular flexibility index (Phi) is 5.25. The quantitative estimate of drug-likeness (QED) is 0.806. The lowest BCUT2D eigenvalue weighted by atomic mass is 10.2. The van der Waals surface area contributed by atoms with Gasteiger partial charge >= 0.3 is 0 Å². The number of nitrogens with one attached hydrogen (secondary N) is 1. The average Bonchev–Trinajstić information content (AvgIpc) is 2.42. The molecule has 0 amide bonds. The van der Waals surface area contributed by atoms with E-state index in [4.69, 9.17) is 0 Å². The number of aromatic hydroxyl groups is 1. The van der Waals surface area contributed by atoms with Crippen molar-refractivity contribution in [1.29, 1.82) is 0 Å².